The van der Waals surface area contributed by atoms with Gasteiger partial charge in [-0.25, -0.2) is 0 Å². The molecule has 0 saturated carbocycles. The quantitative estimate of drug-likeness (QED) is 0.582. The zero-order valence-electron chi connectivity index (χ0n) is 5.54. The van der Waals surface area contributed by atoms with E-state index in [1.807, 2.05) is 24.5 Å². The molecule has 1 nitrogen and oxygen atoms in total. The summed E-state index contributed by atoms with van der Waals surface area (Å²) in [6, 6.07) is 4.01. The van der Waals surface area contributed by atoms with E-state index in [4.69, 9.17) is 0 Å². The molecule has 0 spiro atoms. The summed E-state index contributed by atoms with van der Waals surface area (Å²) >= 11 is 0. The molecule has 1 rings (SSSR count). The minimum absolute atomic E-state index is 1.09. The lowest BCUT2D eigenvalue weighted by atomic mass is 10.2. The molecule has 0 aromatic carbocycles. The Hall–Kier alpha value is -0.850. The normalized spacial score (nSPS) is 9.44. The molecule has 1 heteroatoms. The van der Waals surface area contributed by atoms with Crippen LogP contribution < -0.4 is 0 Å². The Morgan fingerprint density at radius 1 is 1.44 bits per heavy atom. The van der Waals surface area contributed by atoms with Gasteiger partial charge in [0.2, 0.25) is 0 Å². The SMILES string of the molecule is CC[CH]c1ccncc1. The van der Waals surface area contributed by atoms with E-state index in [1.54, 1.807) is 0 Å². The third-order valence-electron chi connectivity index (χ3n) is 1.15. The van der Waals surface area contributed by atoms with E-state index in [0.717, 1.165) is 6.42 Å². The molecule has 1 aromatic rings. The zero-order valence-corrected chi connectivity index (χ0v) is 5.54. The number of aromatic nitrogens is 1. The molecule has 0 unspecified atom stereocenters. The van der Waals surface area contributed by atoms with Crippen LogP contribution in [0.3, 0.4) is 0 Å². The summed E-state index contributed by atoms with van der Waals surface area (Å²) in [7, 11) is 0. The second-order valence-electron chi connectivity index (χ2n) is 1.89. The van der Waals surface area contributed by atoms with Gasteiger partial charge in [0.05, 0.1) is 0 Å². The van der Waals surface area contributed by atoms with Gasteiger partial charge in [0.1, 0.15) is 0 Å². The molecule has 0 atom stereocenters. The van der Waals surface area contributed by atoms with Crippen LogP contribution in [0.2, 0.25) is 0 Å². The summed E-state index contributed by atoms with van der Waals surface area (Å²) in [6.07, 6.45) is 6.87. The highest BCUT2D eigenvalue weighted by Crippen LogP contribution is 2.01. The molecular weight excluding hydrogens is 110 g/mol. The molecule has 1 radical (unpaired) electrons. The monoisotopic (exact) mass is 120 g/mol. The molecule has 47 valence electrons. The largest absolute Gasteiger partial charge is 0.265 e. The average Bonchev–Trinajstić information content (AvgIpc) is 1.91. The van der Waals surface area contributed by atoms with E-state index in [0.29, 0.717) is 0 Å². The van der Waals surface area contributed by atoms with Crippen LogP contribution in [0.4, 0.5) is 0 Å². The van der Waals surface area contributed by atoms with Gasteiger partial charge in [0.25, 0.3) is 0 Å². The fraction of sp³-hybridized carbons (Fsp3) is 0.250. The van der Waals surface area contributed by atoms with Crippen LogP contribution in [0.1, 0.15) is 18.9 Å². The first-order chi connectivity index (χ1) is 4.43. The van der Waals surface area contributed by atoms with Crippen molar-refractivity contribution in [3.05, 3.63) is 36.5 Å². The van der Waals surface area contributed by atoms with Crippen molar-refractivity contribution in [1.29, 1.82) is 0 Å². The second-order valence-corrected chi connectivity index (χ2v) is 1.89. The van der Waals surface area contributed by atoms with Crippen molar-refractivity contribution in [2.75, 3.05) is 0 Å². The smallest absolute Gasteiger partial charge is 0.0270 e. The van der Waals surface area contributed by atoms with Crippen molar-refractivity contribution in [3.8, 4) is 0 Å². The Morgan fingerprint density at radius 2 is 2.11 bits per heavy atom. The lowest BCUT2D eigenvalue weighted by Crippen LogP contribution is -1.78. The highest BCUT2D eigenvalue weighted by Gasteiger charge is 1.85. The maximum Gasteiger partial charge on any atom is 0.0270 e. The van der Waals surface area contributed by atoms with Crippen molar-refractivity contribution < 1.29 is 0 Å². The highest BCUT2D eigenvalue weighted by atomic mass is 14.6. The molecule has 0 saturated heterocycles. The van der Waals surface area contributed by atoms with E-state index >= 15 is 0 Å². The van der Waals surface area contributed by atoms with Gasteiger partial charge in [-0.15, -0.1) is 0 Å². The Morgan fingerprint density at radius 3 is 2.67 bits per heavy atom. The summed E-state index contributed by atoms with van der Waals surface area (Å²) < 4.78 is 0. The maximum atomic E-state index is 3.91. The molecule has 0 amide bonds. The lowest BCUT2D eigenvalue weighted by Gasteiger charge is -1.92. The van der Waals surface area contributed by atoms with Crippen molar-refractivity contribution in [3.63, 3.8) is 0 Å². The van der Waals surface area contributed by atoms with Crippen molar-refractivity contribution >= 4 is 0 Å². The van der Waals surface area contributed by atoms with Crippen molar-refractivity contribution in [2.45, 2.75) is 13.3 Å². The van der Waals surface area contributed by atoms with E-state index in [1.165, 1.54) is 5.56 Å². The molecule has 0 N–H and O–H groups in total. The van der Waals surface area contributed by atoms with E-state index < -0.39 is 0 Å². The third-order valence-corrected chi connectivity index (χ3v) is 1.15. The van der Waals surface area contributed by atoms with Gasteiger partial charge in [-0.05, 0) is 30.5 Å². The van der Waals surface area contributed by atoms with Gasteiger partial charge in [-0.2, -0.15) is 0 Å². The first kappa shape index (κ1) is 6.27. The van der Waals surface area contributed by atoms with Gasteiger partial charge in [0.15, 0.2) is 0 Å². The first-order valence-electron chi connectivity index (χ1n) is 3.16. The van der Waals surface area contributed by atoms with E-state index in [2.05, 4.69) is 18.3 Å². The average molecular weight is 120 g/mol. The molecular formula is C8H10N. The van der Waals surface area contributed by atoms with Gasteiger partial charge >= 0.3 is 0 Å². The fourth-order valence-corrected chi connectivity index (χ4v) is 0.735. The third kappa shape index (κ3) is 1.84. The van der Waals surface area contributed by atoms with Crippen LogP contribution in [0.5, 0.6) is 0 Å². The minimum atomic E-state index is 1.09. The fourth-order valence-electron chi connectivity index (χ4n) is 0.735. The highest BCUT2D eigenvalue weighted by molar-refractivity contribution is 5.18. The van der Waals surface area contributed by atoms with Crippen LogP contribution in [0.25, 0.3) is 0 Å². The van der Waals surface area contributed by atoms with Gasteiger partial charge in [0, 0.05) is 12.4 Å². The Bertz CT molecular complexity index is 157. The summed E-state index contributed by atoms with van der Waals surface area (Å²) in [5.41, 5.74) is 1.26. The number of rotatable bonds is 2. The van der Waals surface area contributed by atoms with E-state index in [-0.39, 0.29) is 0 Å². The Labute approximate surface area is 55.7 Å². The van der Waals surface area contributed by atoms with Crippen LogP contribution in [-0.4, -0.2) is 4.98 Å². The summed E-state index contributed by atoms with van der Waals surface area (Å²) in [5, 5.41) is 0. The van der Waals surface area contributed by atoms with Crippen LogP contribution in [0, 0.1) is 6.42 Å². The molecule has 0 aliphatic rings. The van der Waals surface area contributed by atoms with Crippen molar-refractivity contribution in [1.82, 2.24) is 4.98 Å². The van der Waals surface area contributed by atoms with Gasteiger partial charge < -0.3 is 0 Å². The topological polar surface area (TPSA) is 12.9 Å². The molecule has 0 aliphatic heterocycles. The summed E-state index contributed by atoms with van der Waals surface area (Å²) in [6.45, 7) is 2.13. The molecule has 0 aliphatic carbocycles. The standard InChI is InChI=1S/C8H10N/c1-2-3-8-4-6-9-7-5-8/h3-7H,2H2,1H3. The van der Waals surface area contributed by atoms with Crippen LogP contribution in [0.15, 0.2) is 24.5 Å². The van der Waals surface area contributed by atoms with Gasteiger partial charge in [-0.1, -0.05) is 6.92 Å². The predicted molar refractivity (Wildman–Crippen MR) is 37.9 cm³/mol. The maximum absolute atomic E-state index is 3.91. The second kappa shape index (κ2) is 3.23. The molecule has 9 heavy (non-hydrogen) atoms. The Kier molecular flexibility index (Phi) is 2.25. The van der Waals surface area contributed by atoms with Gasteiger partial charge in [-0.3, -0.25) is 4.98 Å². The lowest BCUT2D eigenvalue weighted by molar-refractivity contribution is 1.11. The number of nitrogens with zero attached hydrogens (tertiary/aromatic N) is 1. The number of pyridine rings is 1. The molecule has 0 fully saturated rings. The van der Waals surface area contributed by atoms with Crippen molar-refractivity contribution in [2.24, 2.45) is 0 Å². The zero-order chi connectivity index (χ0) is 6.53. The molecule has 0 bridgehead atoms. The minimum Gasteiger partial charge on any atom is -0.265 e. The summed E-state index contributed by atoms with van der Waals surface area (Å²) in [4.78, 5) is 3.91. The molecule has 1 aromatic heterocycles. The first-order valence-corrected chi connectivity index (χ1v) is 3.16. The van der Waals surface area contributed by atoms with Crippen LogP contribution >= 0.6 is 0 Å². The molecule has 1 heterocycles. The number of hydrogen-bond donors (Lipinski definition) is 0. The Balaban J connectivity index is 2.61. The summed E-state index contributed by atoms with van der Waals surface area (Å²) in [5.74, 6) is 0. The number of hydrogen-bond acceptors (Lipinski definition) is 1. The van der Waals surface area contributed by atoms with Crippen LogP contribution in [-0.2, 0) is 0 Å². The predicted octanol–water partition coefficient (Wildman–Crippen LogP) is 2.04. The van der Waals surface area contributed by atoms with E-state index in [9.17, 15) is 0 Å².